The molecule has 34 heavy (non-hydrogen) atoms. The number of halogens is 3. The van der Waals surface area contributed by atoms with E-state index in [0.29, 0.717) is 61.6 Å². The van der Waals surface area contributed by atoms with E-state index in [2.05, 4.69) is 25.6 Å². The standard InChI is InChI=1S/C22H24Cl2FN7O2/c23-11-5-15(24)18(16(25)6-11)30-22-29-17-9-27-21(28-12-7-14(33)8-12)31-20(17)32(22)13-3-1-10(2-4-13)19(26)34/h5-6,9-10,12-14,33H,1-4,7-8H2,(H2,26,34)(H,29,30)(H,27,28,31)/t10-,12-,13+,14-. The van der Waals surface area contributed by atoms with Gasteiger partial charge in [-0.05, 0) is 50.7 Å². The Morgan fingerprint density at radius 2 is 1.91 bits per heavy atom. The molecule has 2 heterocycles. The maximum Gasteiger partial charge on any atom is 0.224 e. The van der Waals surface area contributed by atoms with E-state index in [0.717, 1.165) is 0 Å². The van der Waals surface area contributed by atoms with E-state index in [1.165, 1.54) is 12.1 Å². The van der Waals surface area contributed by atoms with Crippen molar-refractivity contribution in [3.63, 3.8) is 0 Å². The highest BCUT2D eigenvalue weighted by atomic mass is 35.5. The highest BCUT2D eigenvalue weighted by Gasteiger charge is 2.31. The van der Waals surface area contributed by atoms with Gasteiger partial charge in [-0.1, -0.05) is 23.2 Å². The van der Waals surface area contributed by atoms with Crippen molar-refractivity contribution in [1.82, 2.24) is 19.5 Å². The minimum atomic E-state index is -0.606. The van der Waals surface area contributed by atoms with Gasteiger partial charge in [0.1, 0.15) is 11.3 Å². The number of imidazole rings is 1. The van der Waals surface area contributed by atoms with E-state index in [9.17, 15) is 14.3 Å². The molecule has 3 aromatic rings. The normalized spacial score (nSPS) is 24.6. The molecule has 9 nitrogen and oxygen atoms in total. The lowest BCUT2D eigenvalue weighted by atomic mass is 9.85. The Bertz CT molecular complexity index is 1220. The van der Waals surface area contributed by atoms with Crippen molar-refractivity contribution >= 4 is 57.9 Å². The van der Waals surface area contributed by atoms with Crippen molar-refractivity contribution in [3.8, 4) is 0 Å². The van der Waals surface area contributed by atoms with Crippen LogP contribution in [0.25, 0.3) is 11.2 Å². The van der Waals surface area contributed by atoms with Gasteiger partial charge in [0.05, 0.1) is 23.0 Å². The molecule has 180 valence electrons. The molecule has 0 atom stereocenters. The Labute approximate surface area is 204 Å². The van der Waals surface area contributed by atoms with Gasteiger partial charge in [0.25, 0.3) is 0 Å². The van der Waals surface area contributed by atoms with Crippen LogP contribution in [0.1, 0.15) is 44.6 Å². The van der Waals surface area contributed by atoms with E-state index >= 15 is 0 Å². The maximum atomic E-state index is 14.7. The highest BCUT2D eigenvalue weighted by molar-refractivity contribution is 6.36. The lowest BCUT2D eigenvalue weighted by molar-refractivity contribution is -0.122. The number of nitrogens with zero attached hydrogens (tertiary/aromatic N) is 4. The van der Waals surface area contributed by atoms with Crippen molar-refractivity contribution in [2.45, 2.75) is 56.7 Å². The lowest BCUT2D eigenvalue weighted by Crippen LogP contribution is -2.39. The van der Waals surface area contributed by atoms with Crippen LogP contribution < -0.4 is 16.4 Å². The van der Waals surface area contributed by atoms with Gasteiger partial charge in [-0.3, -0.25) is 9.36 Å². The number of primary amides is 1. The summed E-state index contributed by atoms with van der Waals surface area (Å²) in [6, 6.07) is 2.70. The number of aromatic nitrogens is 4. The molecule has 0 saturated heterocycles. The van der Waals surface area contributed by atoms with E-state index < -0.39 is 5.82 Å². The summed E-state index contributed by atoms with van der Waals surface area (Å²) in [6.45, 7) is 0. The molecule has 2 aliphatic carbocycles. The van der Waals surface area contributed by atoms with Crippen molar-refractivity contribution in [2.75, 3.05) is 10.6 Å². The van der Waals surface area contributed by atoms with E-state index in [4.69, 9.17) is 28.9 Å². The van der Waals surface area contributed by atoms with Gasteiger partial charge in [0.15, 0.2) is 5.65 Å². The zero-order chi connectivity index (χ0) is 24.0. The number of aliphatic hydroxyl groups is 1. The second-order valence-corrected chi connectivity index (χ2v) is 9.80. The molecule has 12 heteroatoms. The monoisotopic (exact) mass is 507 g/mol. The average Bonchev–Trinajstić information content (AvgIpc) is 3.12. The third-order valence-corrected chi connectivity index (χ3v) is 7.10. The number of hydrogen-bond donors (Lipinski definition) is 4. The number of rotatable bonds is 6. The number of aliphatic hydroxyl groups excluding tert-OH is 1. The van der Waals surface area contributed by atoms with E-state index in [-0.39, 0.29) is 45.7 Å². The van der Waals surface area contributed by atoms with Gasteiger partial charge in [0.2, 0.25) is 17.8 Å². The number of carbonyl (C=O) groups is 1. The Kier molecular flexibility index (Phi) is 6.22. The molecule has 5 N–H and O–H groups in total. The van der Waals surface area contributed by atoms with E-state index in [1.807, 2.05) is 4.57 Å². The maximum absolute atomic E-state index is 14.7. The first kappa shape index (κ1) is 23.1. The summed E-state index contributed by atoms with van der Waals surface area (Å²) in [5, 5.41) is 16.1. The smallest absolute Gasteiger partial charge is 0.224 e. The Hall–Kier alpha value is -2.69. The molecule has 0 radical (unpaired) electrons. The van der Waals surface area contributed by atoms with Gasteiger partial charge >= 0.3 is 0 Å². The highest BCUT2D eigenvalue weighted by Crippen LogP contribution is 2.38. The van der Waals surface area contributed by atoms with Crippen molar-refractivity contribution < 1.29 is 14.3 Å². The van der Waals surface area contributed by atoms with Crippen molar-refractivity contribution in [3.05, 3.63) is 34.2 Å². The zero-order valence-corrected chi connectivity index (χ0v) is 19.7. The number of benzene rings is 1. The molecular weight excluding hydrogens is 484 g/mol. The average molecular weight is 508 g/mol. The molecular formula is C22H24Cl2FN7O2. The van der Waals surface area contributed by atoms with Gasteiger partial charge < -0.3 is 21.5 Å². The third-order valence-electron chi connectivity index (χ3n) is 6.59. The first-order valence-electron chi connectivity index (χ1n) is 11.2. The zero-order valence-electron chi connectivity index (χ0n) is 18.1. The fourth-order valence-corrected chi connectivity index (χ4v) is 5.19. The van der Waals surface area contributed by atoms with Crippen LogP contribution >= 0.6 is 23.2 Å². The molecule has 0 spiro atoms. The predicted octanol–water partition coefficient (Wildman–Crippen LogP) is 4.17. The first-order chi connectivity index (χ1) is 16.3. The molecule has 1 aromatic carbocycles. The predicted molar refractivity (Wildman–Crippen MR) is 128 cm³/mol. The molecule has 0 aliphatic heterocycles. The van der Waals surface area contributed by atoms with Crippen molar-refractivity contribution in [2.24, 2.45) is 11.7 Å². The van der Waals surface area contributed by atoms with Crippen LogP contribution in [0.15, 0.2) is 18.3 Å². The molecule has 0 unspecified atom stereocenters. The second kappa shape index (κ2) is 9.16. The number of fused-ring (bicyclic) bond motifs is 1. The van der Waals surface area contributed by atoms with Crippen LogP contribution in [0.4, 0.5) is 22.0 Å². The molecule has 2 aromatic heterocycles. The fraction of sp³-hybridized carbons (Fsp3) is 0.455. The Morgan fingerprint density at radius 3 is 2.56 bits per heavy atom. The van der Waals surface area contributed by atoms with Crippen LogP contribution in [-0.2, 0) is 4.79 Å². The number of nitrogens with two attached hydrogens (primary N) is 1. The number of carbonyl (C=O) groups excluding carboxylic acids is 1. The lowest BCUT2D eigenvalue weighted by Gasteiger charge is -2.32. The summed E-state index contributed by atoms with van der Waals surface area (Å²) >= 11 is 12.2. The van der Waals surface area contributed by atoms with Gasteiger partial charge in [-0.2, -0.15) is 4.98 Å². The first-order valence-corrected chi connectivity index (χ1v) is 11.9. The number of anilines is 3. The summed E-state index contributed by atoms with van der Waals surface area (Å²) in [6.07, 6.45) is 5.24. The topological polar surface area (TPSA) is 131 Å². The van der Waals surface area contributed by atoms with Crippen LogP contribution in [-0.4, -0.2) is 42.7 Å². The van der Waals surface area contributed by atoms with Crippen molar-refractivity contribution in [1.29, 1.82) is 0 Å². The molecule has 1 amide bonds. The molecule has 2 saturated carbocycles. The van der Waals surface area contributed by atoms with E-state index in [1.54, 1.807) is 6.20 Å². The summed E-state index contributed by atoms with van der Waals surface area (Å²) in [4.78, 5) is 25.3. The Balaban J connectivity index is 1.52. The van der Waals surface area contributed by atoms with Gasteiger partial charge in [0, 0.05) is 23.0 Å². The summed E-state index contributed by atoms with van der Waals surface area (Å²) < 4.78 is 16.6. The SMILES string of the molecule is NC(=O)[C@H]1CC[C@@H](n2c(Nc3c(F)cc(Cl)cc3Cl)nc3cnc(N[C@H]4C[C@H](O)C4)nc32)CC1. The molecule has 0 bridgehead atoms. The number of hydrogen-bond acceptors (Lipinski definition) is 7. The van der Waals surface area contributed by atoms with Gasteiger partial charge in [-0.25, -0.2) is 14.4 Å². The quantitative estimate of drug-likeness (QED) is 0.393. The fourth-order valence-electron chi connectivity index (χ4n) is 4.67. The molecule has 2 aliphatic rings. The van der Waals surface area contributed by atoms with Crippen LogP contribution in [0.2, 0.25) is 10.0 Å². The van der Waals surface area contributed by atoms with Crippen LogP contribution in [0.3, 0.4) is 0 Å². The molecule has 5 rings (SSSR count). The number of nitrogens with one attached hydrogen (secondary N) is 2. The number of amides is 1. The Morgan fingerprint density at radius 1 is 1.18 bits per heavy atom. The third kappa shape index (κ3) is 4.49. The summed E-state index contributed by atoms with van der Waals surface area (Å²) in [5.74, 6) is -0.267. The second-order valence-electron chi connectivity index (χ2n) is 8.95. The molecule has 2 fully saturated rings. The van der Waals surface area contributed by atoms with Crippen LogP contribution in [0.5, 0.6) is 0 Å². The summed E-state index contributed by atoms with van der Waals surface area (Å²) in [5.41, 5.74) is 6.68. The van der Waals surface area contributed by atoms with Crippen LogP contribution in [0, 0.1) is 11.7 Å². The van der Waals surface area contributed by atoms with Gasteiger partial charge in [-0.15, -0.1) is 0 Å². The largest absolute Gasteiger partial charge is 0.393 e. The minimum Gasteiger partial charge on any atom is -0.393 e. The summed E-state index contributed by atoms with van der Waals surface area (Å²) in [7, 11) is 0. The minimum absolute atomic E-state index is 0.0366.